The fourth-order valence-electron chi connectivity index (χ4n) is 3.44. The molecule has 0 fully saturated rings. The zero-order chi connectivity index (χ0) is 16.7. The summed E-state index contributed by atoms with van der Waals surface area (Å²) in [6, 6.07) is 9.86. The number of amides is 1. The highest BCUT2D eigenvalue weighted by atomic mass is 16.3. The van der Waals surface area contributed by atoms with Gasteiger partial charge in [0.05, 0.1) is 6.04 Å². The second-order valence-electron chi connectivity index (χ2n) is 6.54. The number of imidazole rings is 1. The Balaban J connectivity index is 1.52. The third kappa shape index (κ3) is 2.50. The van der Waals surface area contributed by atoms with Crippen molar-refractivity contribution in [2.45, 2.75) is 32.4 Å². The first-order valence-electron chi connectivity index (χ1n) is 8.38. The fourth-order valence-corrected chi connectivity index (χ4v) is 3.44. The molecule has 124 valence electrons. The van der Waals surface area contributed by atoms with Gasteiger partial charge in [-0.15, -0.1) is 0 Å². The number of hydrogen-bond donors (Lipinski definition) is 0. The first-order chi connectivity index (χ1) is 11.6. The molecule has 0 radical (unpaired) electrons. The van der Waals surface area contributed by atoms with E-state index in [1.54, 1.807) is 4.90 Å². The average Bonchev–Trinajstić information content (AvgIpc) is 3.25. The van der Waals surface area contributed by atoms with Crippen molar-refractivity contribution >= 4 is 16.9 Å². The molecule has 0 aliphatic carbocycles. The van der Waals surface area contributed by atoms with E-state index in [2.05, 4.69) is 9.55 Å². The summed E-state index contributed by atoms with van der Waals surface area (Å²) in [5.41, 5.74) is 0.861. The van der Waals surface area contributed by atoms with Gasteiger partial charge in [-0.2, -0.15) is 0 Å². The molecule has 1 aliphatic rings. The Morgan fingerprint density at radius 2 is 2.25 bits per heavy atom. The second-order valence-corrected chi connectivity index (χ2v) is 6.54. The molecule has 24 heavy (non-hydrogen) atoms. The van der Waals surface area contributed by atoms with Crippen LogP contribution in [0.5, 0.6) is 0 Å². The zero-order valence-electron chi connectivity index (χ0n) is 14.0. The fraction of sp³-hybridized carbons (Fsp3) is 0.368. The van der Waals surface area contributed by atoms with Crippen molar-refractivity contribution in [1.29, 1.82) is 0 Å². The van der Waals surface area contributed by atoms with E-state index in [4.69, 9.17) is 4.42 Å². The first kappa shape index (κ1) is 15.0. The molecular formula is C19H21N3O2. The first-order valence-corrected chi connectivity index (χ1v) is 8.38. The number of rotatable bonds is 3. The largest absolute Gasteiger partial charge is 0.459 e. The molecule has 0 spiro atoms. The Morgan fingerprint density at radius 3 is 3.08 bits per heavy atom. The van der Waals surface area contributed by atoms with E-state index < -0.39 is 0 Å². The second kappa shape index (κ2) is 5.82. The number of aryl methyl sites for hydroxylation is 1. The van der Waals surface area contributed by atoms with Gasteiger partial charge in [-0.1, -0.05) is 18.2 Å². The van der Waals surface area contributed by atoms with Crippen LogP contribution < -0.4 is 0 Å². The third-order valence-electron chi connectivity index (χ3n) is 5.08. The summed E-state index contributed by atoms with van der Waals surface area (Å²) >= 11 is 0. The highest BCUT2D eigenvalue weighted by Crippen LogP contribution is 2.29. The van der Waals surface area contributed by atoms with Gasteiger partial charge in [-0.3, -0.25) is 4.79 Å². The number of para-hydroxylation sites is 1. The predicted molar refractivity (Wildman–Crippen MR) is 91.4 cm³/mol. The van der Waals surface area contributed by atoms with Crippen LogP contribution >= 0.6 is 0 Å². The summed E-state index contributed by atoms with van der Waals surface area (Å²) < 4.78 is 8.05. The molecular weight excluding hydrogens is 302 g/mol. The maximum absolute atomic E-state index is 12.9. The Morgan fingerprint density at radius 1 is 1.42 bits per heavy atom. The van der Waals surface area contributed by atoms with Crippen molar-refractivity contribution in [2.75, 3.05) is 7.05 Å². The smallest absolute Gasteiger partial charge is 0.226 e. The maximum Gasteiger partial charge on any atom is 0.226 e. The van der Waals surface area contributed by atoms with Crippen LogP contribution in [0, 0.1) is 5.92 Å². The van der Waals surface area contributed by atoms with Gasteiger partial charge >= 0.3 is 0 Å². The molecule has 0 bridgehead atoms. The lowest BCUT2D eigenvalue weighted by molar-refractivity contribution is -0.137. The Hall–Kier alpha value is -2.56. The number of nitrogens with zero attached hydrogens (tertiary/aromatic N) is 3. The molecule has 2 unspecified atom stereocenters. The summed E-state index contributed by atoms with van der Waals surface area (Å²) in [6.45, 7) is 2.87. The van der Waals surface area contributed by atoms with Gasteiger partial charge in [-0.05, 0) is 25.5 Å². The Bertz CT molecular complexity index is 847. The molecule has 3 aromatic rings. The van der Waals surface area contributed by atoms with Gasteiger partial charge in [0, 0.05) is 43.7 Å². The van der Waals surface area contributed by atoms with Crippen molar-refractivity contribution in [3.05, 3.63) is 54.3 Å². The summed E-state index contributed by atoms with van der Waals surface area (Å²) in [5, 5.41) is 1.07. The quantitative estimate of drug-likeness (QED) is 0.742. The van der Waals surface area contributed by atoms with E-state index in [0.717, 1.165) is 35.5 Å². The number of furan rings is 1. The van der Waals surface area contributed by atoms with Gasteiger partial charge in [0.1, 0.15) is 17.2 Å². The molecule has 0 saturated carbocycles. The monoisotopic (exact) mass is 323 g/mol. The van der Waals surface area contributed by atoms with Crippen LogP contribution in [0.3, 0.4) is 0 Å². The lowest BCUT2D eigenvalue weighted by Gasteiger charge is -2.30. The van der Waals surface area contributed by atoms with Crippen LogP contribution in [-0.2, 0) is 17.8 Å². The van der Waals surface area contributed by atoms with Crippen molar-refractivity contribution in [1.82, 2.24) is 14.5 Å². The van der Waals surface area contributed by atoms with Crippen LogP contribution in [0.4, 0.5) is 0 Å². The summed E-state index contributed by atoms with van der Waals surface area (Å²) in [7, 11) is 1.86. The number of fused-ring (bicyclic) bond motifs is 2. The van der Waals surface area contributed by atoms with Crippen molar-refractivity contribution in [3.63, 3.8) is 0 Å². The lowest BCUT2D eigenvalue weighted by atomic mass is 9.95. The van der Waals surface area contributed by atoms with Crippen LogP contribution in [0.2, 0.25) is 0 Å². The normalized spacial score (nSPS) is 18.3. The number of benzene rings is 1. The molecule has 5 nitrogen and oxygen atoms in total. The number of carbonyl (C=O) groups is 1. The summed E-state index contributed by atoms with van der Waals surface area (Å²) in [6.07, 6.45) is 5.36. The van der Waals surface area contributed by atoms with Gasteiger partial charge in [0.2, 0.25) is 5.91 Å². The standard InChI is InChI=1S/C19H21N3O2/c1-13(17-11-14-5-3-4-6-16(14)24-17)21(2)19(23)15-7-9-22-10-8-20-18(22)12-15/h3-6,8,10-11,13,15H,7,9,12H2,1-2H3. The third-order valence-corrected chi connectivity index (χ3v) is 5.08. The van der Waals surface area contributed by atoms with Crippen LogP contribution in [0.1, 0.15) is 31.0 Å². The topological polar surface area (TPSA) is 51.3 Å². The molecule has 1 aromatic carbocycles. The minimum absolute atomic E-state index is 0.00303. The van der Waals surface area contributed by atoms with Gasteiger partial charge < -0.3 is 13.9 Å². The van der Waals surface area contributed by atoms with Gasteiger partial charge in [0.25, 0.3) is 0 Å². The minimum atomic E-state index is -0.0911. The van der Waals surface area contributed by atoms with Crippen molar-refractivity contribution < 1.29 is 9.21 Å². The van der Waals surface area contributed by atoms with E-state index in [9.17, 15) is 4.79 Å². The summed E-state index contributed by atoms with van der Waals surface area (Å²) in [4.78, 5) is 19.1. The van der Waals surface area contributed by atoms with Crippen molar-refractivity contribution in [3.8, 4) is 0 Å². The number of hydrogen-bond acceptors (Lipinski definition) is 3. The molecule has 3 heterocycles. The molecule has 5 heteroatoms. The van der Waals surface area contributed by atoms with Gasteiger partial charge in [0.15, 0.2) is 0 Å². The number of aromatic nitrogens is 2. The molecule has 2 aromatic heterocycles. The van der Waals surface area contributed by atoms with Crippen LogP contribution in [0.15, 0.2) is 47.1 Å². The van der Waals surface area contributed by atoms with E-state index in [1.165, 1.54) is 0 Å². The van der Waals surface area contributed by atoms with E-state index in [-0.39, 0.29) is 17.9 Å². The van der Waals surface area contributed by atoms with Crippen LogP contribution in [0.25, 0.3) is 11.0 Å². The number of carbonyl (C=O) groups excluding carboxylic acids is 1. The molecule has 0 N–H and O–H groups in total. The van der Waals surface area contributed by atoms with Crippen molar-refractivity contribution in [2.24, 2.45) is 5.92 Å². The lowest BCUT2D eigenvalue weighted by Crippen LogP contribution is -2.38. The average molecular weight is 323 g/mol. The highest BCUT2D eigenvalue weighted by Gasteiger charge is 2.30. The predicted octanol–water partition coefficient (Wildman–Crippen LogP) is 3.41. The molecule has 4 rings (SSSR count). The summed E-state index contributed by atoms with van der Waals surface area (Å²) in [5.74, 6) is 1.99. The molecule has 1 aliphatic heterocycles. The van der Waals surface area contributed by atoms with E-state index >= 15 is 0 Å². The maximum atomic E-state index is 12.9. The molecule has 1 amide bonds. The van der Waals surface area contributed by atoms with Crippen LogP contribution in [-0.4, -0.2) is 27.4 Å². The molecule has 0 saturated heterocycles. The van der Waals surface area contributed by atoms with Gasteiger partial charge in [-0.25, -0.2) is 4.98 Å². The zero-order valence-corrected chi connectivity index (χ0v) is 14.0. The SMILES string of the molecule is CC(c1cc2ccccc2o1)N(C)C(=O)C1CCn2ccnc2C1. The minimum Gasteiger partial charge on any atom is -0.459 e. The van der Waals surface area contributed by atoms with E-state index in [1.807, 2.05) is 56.7 Å². The van der Waals surface area contributed by atoms with E-state index in [0.29, 0.717) is 6.42 Å². The highest BCUT2D eigenvalue weighted by molar-refractivity contribution is 5.80. The molecule has 2 atom stereocenters. The Labute approximate surface area is 140 Å². The Kier molecular flexibility index (Phi) is 3.63.